The fourth-order valence-electron chi connectivity index (χ4n) is 4.12. The highest BCUT2D eigenvalue weighted by atomic mass is 35.5. The van der Waals surface area contributed by atoms with E-state index in [2.05, 4.69) is 11.0 Å². The molecule has 2 aromatic carbocycles. The number of carboxylic acids is 1. The predicted molar refractivity (Wildman–Crippen MR) is 112 cm³/mol. The second kappa shape index (κ2) is 8.42. The van der Waals surface area contributed by atoms with E-state index in [0.717, 1.165) is 43.0 Å². The number of fused-ring (bicyclic) bond motifs is 2. The third kappa shape index (κ3) is 4.47. The number of piperidine rings is 1. The summed E-state index contributed by atoms with van der Waals surface area (Å²) in [5.41, 5.74) is 2.13. The van der Waals surface area contributed by atoms with Crippen LogP contribution in [0.2, 0.25) is 10.0 Å². The van der Waals surface area contributed by atoms with Crippen molar-refractivity contribution in [2.24, 2.45) is 0 Å². The summed E-state index contributed by atoms with van der Waals surface area (Å²) in [6, 6.07) is 11.4. The monoisotopic (exact) mass is 435 g/mol. The van der Waals surface area contributed by atoms with Crippen LogP contribution in [0.15, 0.2) is 36.4 Å². The smallest absolute Gasteiger partial charge is 0.304 e. The molecular formula is C22H23Cl2NO4. The van der Waals surface area contributed by atoms with Gasteiger partial charge in [0.15, 0.2) is 0 Å². The standard InChI is InChI=1S/C22H23Cl2NO4/c23-16-2-1-15(19(24)11-16)13-28-17-3-4-18-20(12-17)29-14-22(18)6-9-25(10-7-22)8-5-21(26)27/h1-4,11-12H,5-10,13-14H2,(H,26,27). The lowest BCUT2D eigenvalue weighted by Crippen LogP contribution is -2.44. The Kier molecular flexibility index (Phi) is 5.91. The summed E-state index contributed by atoms with van der Waals surface area (Å²) in [7, 11) is 0. The molecule has 2 aliphatic rings. The van der Waals surface area contributed by atoms with Crippen molar-refractivity contribution in [3.8, 4) is 11.5 Å². The van der Waals surface area contributed by atoms with E-state index >= 15 is 0 Å². The van der Waals surface area contributed by atoms with Crippen molar-refractivity contribution in [2.75, 3.05) is 26.2 Å². The first-order valence-corrected chi connectivity index (χ1v) is 10.5. The average molecular weight is 436 g/mol. The van der Waals surface area contributed by atoms with Gasteiger partial charge in [-0.05, 0) is 44.1 Å². The van der Waals surface area contributed by atoms with Crippen molar-refractivity contribution in [1.29, 1.82) is 0 Å². The number of likely N-dealkylation sites (tertiary alicyclic amines) is 1. The minimum absolute atomic E-state index is 0.0209. The zero-order chi connectivity index (χ0) is 20.4. The quantitative estimate of drug-likeness (QED) is 0.707. The van der Waals surface area contributed by atoms with E-state index in [1.54, 1.807) is 12.1 Å². The Bertz CT molecular complexity index is 910. The van der Waals surface area contributed by atoms with Crippen molar-refractivity contribution in [2.45, 2.75) is 31.3 Å². The molecule has 0 radical (unpaired) electrons. The van der Waals surface area contributed by atoms with Crippen LogP contribution in [-0.4, -0.2) is 42.2 Å². The number of benzene rings is 2. The molecule has 1 spiro atoms. The van der Waals surface area contributed by atoms with Gasteiger partial charge in [0.1, 0.15) is 18.1 Å². The minimum Gasteiger partial charge on any atom is -0.492 e. The highest BCUT2D eigenvalue weighted by molar-refractivity contribution is 6.35. The van der Waals surface area contributed by atoms with E-state index in [1.165, 1.54) is 5.56 Å². The Morgan fingerprint density at radius 1 is 1.17 bits per heavy atom. The molecule has 1 fully saturated rings. The zero-order valence-electron chi connectivity index (χ0n) is 16.0. The van der Waals surface area contributed by atoms with Crippen LogP contribution < -0.4 is 9.47 Å². The fraction of sp³-hybridized carbons (Fsp3) is 0.409. The number of aliphatic carboxylic acids is 1. The molecule has 29 heavy (non-hydrogen) atoms. The lowest BCUT2D eigenvalue weighted by Gasteiger charge is -2.38. The number of hydrogen-bond donors (Lipinski definition) is 1. The first-order chi connectivity index (χ1) is 13.9. The number of nitrogens with zero attached hydrogens (tertiary/aromatic N) is 1. The fourth-order valence-corrected chi connectivity index (χ4v) is 4.58. The van der Waals surface area contributed by atoms with Crippen molar-refractivity contribution in [3.05, 3.63) is 57.6 Å². The van der Waals surface area contributed by atoms with Crippen LogP contribution in [0.5, 0.6) is 11.5 Å². The minimum atomic E-state index is -0.743. The molecule has 2 heterocycles. The number of halogens is 2. The van der Waals surface area contributed by atoms with E-state index < -0.39 is 5.97 Å². The maximum Gasteiger partial charge on any atom is 0.304 e. The van der Waals surface area contributed by atoms with E-state index in [4.69, 9.17) is 37.8 Å². The molecule has 154 valence electrons. The number of carboxylic acid groups (broad SMARTS) is 1. The predicted octanol–water partition coefficient (Wildman–Crippen LogP) is 4.77. The number of ether oxygens (including phenoxy) is 2. The average Bonchev–Trinajstić information content (AvgIpc) is 3.04. The second-order valence-electron chi connectivity index (χ2n) is 7.74. The first kappa shape index (κ1) is 20.3. The topological polar surface area (TPSA) is 59.0 Å². The summed E-state index contributed by atoms with van der Waals surface area (Å²) in [6.07, 6.45) is 2.14. The Hall–Kier alpha value is -1.95. The molecule has 4 rings (SSSR count). The Balaban J connectivity index is 1.40. The molecule has 2 aromatic rings. The number of hydrogen-bond acceptors (Lipinski definition) is 4. The molecule has 0 aliphatic carbocycles. The third-order valence-corrected chi connectivity index (χ3v) is 6.48. The maximum absolute atomic E-state index is 10.8. The Labute approximate surface area is 180 Å². The summed E-state index contributed by atoms with van der Waals surface area (Å²) in [5, 5.41) is 10.1. The van der Waals surface area contributed by atoms with Gasteiger partial charge in [0.05, 0.1) is 13.0 Å². The molecule has 1 saturated heterocycles. The van der Waals surface area contributed by atoms with Crippen molar-refractivity contribution < 1.29 is 19.4 Å². The van der Waals surface area contributed by atoms with E-state index in [-0.39, 0.29) is 11.8 Å². The molecule has 5 nitrogen and oxygen atoms in total. The summed E-state index contributed by atoms with van der Waals surface area (Å²) in [4.78, 5) is 13.0. The molecule has 0 bridgehead atoms. The zero-order valence-corrected chi connectivity index (χ0v) is 17.5. The maximum atomic E-state index is 10.8. The third-order valence-electron chi connectivity index (χ3n) is 5.89. The molecule has 0 saturated carbocycles. The van der Waals surface area contributed by atoms with Gasteiger partial charge >= 0.3 is 5.97 Å². The summed E-state index contributed by atoms with van der Waals surface area (Å²) < 4.78 is 11.9. The van der Waals surface area contributed by atoms with Gasteiger partial charge in [0.25, 0.3) is 0 Å². The lowest BCUT2D eigenvalue weighted by molar-refractivity contribution is -0.137. The first-order valence-electron chi connectivity index (χ1n) is 9.73. The van der Waals surface area contributed by atoms with Crippen LogP contribution in [0.4, 0.5) is 0 Å². The largest absolute Gasteiger partial charge is 0.492 e. The van der Waals surface area contributed by atoms with E-state index in [0.29, 0.717) is 29.8 Å². The summed E-state index contributed by atoms with van der Waals surface area (Å²) in [6.45, 7) is 3.42. The van der Waals surface area contributed by atoms with E-state index in [9.17, 15) is 4.79 Å². The molecule has 0 unspecified atom stereocenters. The number of rotatable bonds is 6. The molecule has 0 amide bonds. The van der Waals surface area contributed by atoms with Gasteiger partial charge in [-0.2, -0.15) is 0 Å². The summed E-state index contributed by atoms with van der Waals surface area (Å²) in [5.74, 6) is 0.877. The SMILES string of the molecule is O=C(O)CCN1CCC2(CC1)COc1cc(OCc3ccc(Cl)cc3Cl)ccc12. The molecule has 0 aromatic heterocycles. The van der Waals surface area contributed by atoms with Gasteiger partial charge in [-0.3, -0.25) is 4.79 Å². The molecule has 2 aliphatic heterocycles. The van der Waals surface area contributed by atoms with Crippen LogP contribution in [0.25, 0.3) is 0 Å². The highest BCUT2D eigenvalue weighted by Gasteiger charge is 2.43. The Morgan fingerprint density at radius 2 is 1.97 bits per heavy atom. The van der Waals surface area contributed by atoms with Gasteiger partial charge in [-0.25, -0.2) is 0 Å². The second-order valence-corrected chi connectivity index (χ2v) is 8.58. The molecule has 1 N–H and O–H groups in total. The van der Waals surface area contributed by atoms with Crippen LogP contribution >= 0.6 is 23.2 Å². The lowest BCUT2D eigenvalue weighted by atomic mass is 9.74. The van der Waals surface area contributed by atoms with Gasteiger partial charge < -0.3 is 19.5 Å². The Morgan fingerprint density at radius 3 is 2.69 bits per heavy atom. The van der Waals surface area contributed by atoms with Gasteiger partial charge in [0, 0.05) is 39.2 Å². The highest BCUT2D eigenvalue weighted by Crippen LogP contribution is 2.46. The van der Waals surface area contributed by atoms with Crippen LogP contribution in [0, 0.1) is 0 Å². The van der Waals surface area contributed by atoms with Crippen LogP contribution in [0.1, 0.15) is 30.4 Å². The van der Waals surface area contributed by atoms with Gasteiger partial charge in [-0.15, -0.1) is 0 Å². The van der Waals surface area contributed by atoms with Crippen molar-refractivity contribution in [3.63, 3.8) is 0 Å². The normalized spacial score (nSPS) is 17.7. The van der Waals surface area contributed by atoms with Crippen LogP contribution in [0.3, 0.4) is 0 Å². The van der Waals surface area contributed by atoms with Crippen LogP contribution in [-0.2, 0) is 16.8 Å². The number of carbonyl (C=O) groups is 1. The molecule has 0 atom stereocenters. The molecular weight excluding hydrogens is 413 g/mol. The van der Waals surface area contributed by atoms with E-state index in [1.807, 2.05) is 18.2 Å². The molecule has 7 heteroatoms. The summed E-state index contributed by atoms with van der Waals surface area (Å²) >= 11 is 12.2. The van der Waals surface area contributed by atoms with Gasteiger partial charge in [0.2, 0.25) is 0 Å². The van der Waals surface area contributed by atoms with Gasteiger partial charge in [-0.1, -0.05) is 35.3 Å². The van der Waals surface area contributed by atoms with Crippen molar-refractivity contribution in [1.82, 2.24) is 4.90 Å². The van der Waals surface area contributed by atoms with Crippen molar-refractivity contribution >= 4 is 29.2 Å².